The average Bonchev–Trinajstić information content (AvgIpc) is 3.24. The van der Waals surface area contributed by atoms with Gasteiger partial charge in [0, 0.05) is 23.7 Å². The topological polar surface area (TPSA) is 48.3 Å². The van der Waals surface area contributed by atoms with Crippen molar-refractivity contribution < 1.29 is 18.3 Å². The summed E-state index contributed by atoms with van der Waals surface area (Å²) in [4.78, 5) is 0. The zero-order valence-corrected chi connectivity index (χ0v) is 14.3. The fourth-order valence-corrected chi connectivity index (χ4v) is 3.22. The van der Waals surface area contributed by atoms with Gasteiger partial charge in [0.05, 0.1) is 14.2 Å². The molecule has 5 nitrogen and oxygen atoms in total. The van der Waals surface area contributed by atoms with E-state index in [4.69, 9.17) is 9.47 Å². The highest BCUT2D eigenvalue weighted by atomic mass is 19.1. The van der Waals surface area contributed by atoms with Crippen LogP contribution in [-0.4, -0.2) is 30.5 Å². The van der Waals surface area contributed by atoms with Crippen LogP contribution >= 0.6 is 0 Å². The molecule has 7 heteroatoms. The number of methoxy groups -OCH3 is 2. The molecule has 3 aromatic rings. The van der Waals surface area contributed by atoms with Crippen LogP contribution in [0.25, 0.3) is 16.9 Å². The maximum atomic E-state index is 14.3. The van der Waals surface area contributed by atoms with Crippen molar-refractivity contribution in [1.29, 1.82) is 0 Å². The second kappa shape index (κ2) is 6.33. The molecule has 0 amide bonds. The largest absolute Gasteiger partial charge is 0.497 e. The number of ether oxygens (including phenoxy) is 2. The molecule has 2 heterocycles. The number of hydrogen-bond acceptors (Lipinski definition) is 4. The van der Waals surface area contributed by atoms with Crippen LogP contribution < -0.4 is 14.8 Å². The zero-order valence-electron chi connectivity index (χ0n) is 14.3. The van der Waals surface area contributed by atoms with Crippen LogP contribution in [0.2, 0.25) is 0 Å². The molecule has 0 fully saturated rings. The van der Waals surface area contributed by atoms with Crippen LogP contribution in [0.1, 0.15) is 5.56 Å². The van der Waals surface area contributed by atoms with Gasteiger partial charge in [-0.2, -0.15) is 5.10 Å². The summed E-state index contributed by atoms with van der Waals surface area (Å²) in [6.45, 7) is 0.718. The number of aromatic nitrogens is 2. The highest BCUT2D eigenvalue weighted by Gasteiger charge is 2.27. The van der Waals surface area contributed by atoms with E-state index in [0.29, 0.717) is 23.0 Å². The summed E-state index contributed by atoms with van der Waals surface area (Å²) in [5.41, 5.74) is 2.59. The highest BCUT2D eigenvalue weighted by molar-refractivity contribution is 5.77. The number of halogens is 2. The molecule has 1 N–H and O–H groups in total. The Hall–Kier alpha value is -3.09. The lowest BCUT2D eigenvalue weighted by Gasteiger charge is -2.10. The van der Waals surface area contributed by atoms with Crippen molar-refractivity contribution in [3.8, 4) is 28.4 Å². The maximum Gasteiger partial charge on any atom is 0.151 e. The van der Waals surface area contributed by atoms with E-state index >= 15 is 0 Å². The van der Waals surface area contributed by atoms with Crippen molar-refractivity contribution >= 4 is 5.82 Å². The molecule has 26 heavy (non-hydrogen) atoms. The summed E-state index contributed by atoms with van der Waals surface area (Å²) in [5, 5.41) is 7.84. The summed E-state index contributed by atoms with van der Waals surface area (Å²) < 4.78 is 39.8. The molecule has 0 spiro atoms. The van der Waals surface area contributed by atoms with E-state index in [1.54, 1.807) is 26.4 Å². The Morgan fingerprint density at radius 3 is 2.65 bits per heavy atom. The van der Waals surface area contributed by atoms with Gasteiger partial charge >= 0.3 is 0 Å². The first-order chi connectivity index (χ1) is 12.6. The molecular weight excluding hydrogens is 340 g/mol. The van der Waals surface area contributed by atoms with Gasteiger partial charge in [-0.15, -0.1) is 0 Å². The third-order valence-electron chi connectivity index (χ3n) is 4.45. The molecule has 1 aliphatic rings. The number of hydrogen-bond donors (Lipinski definition) is 1. The van der Waals surface area contributed by atoms with E-state index in [9.17, 15) is 8.78 Å². The number of benzene rings is 2. The minimum absolute atomic E-state index is 0.185. The Labute approximate surface area is 149 Å². The van der Waals surface area contributed by atoms with Crippen LogP contribution in [0, 0.1) is 11.6 Å². The van der Waals surface area contributed by atoms with Crippen LogP contribution in [0.15, 0.2) is 36.4 Å². The van der Waals surface area contributed by atoms with Gasteiger partial charge in [0.1, 0.15) is 34.5 Å². The monoisotopic (exact) mass is 357 g/mol. The van der Waals surface area contributed by atoms with Crippen LogP contribution in [0.5, 0.6) is 11.5 Å². The number of fused-ring (bicyclic) bond motifs is 1. The lowest BCUT2D eigenvalue weighted by Crippen LogP contribution is -2.06. The second-order valence-corrected chi connectivity index (χ2v) is 5.93. The van der Waals surface area contributed by atoms with Crippen molar-refractivity contribution in [2.75, 3.05) is 26.1 Å². The van der Waals surface area contributed by atoms with E-state index in [2.05, 4.69) is 10.4 Å². The Balaban J connectivity index is 1.93. The van der Waals surface area contributed by atoms with E-state index in [1.165, 1.54) is 16.8 Å². The molecule has 0 unspecified atom stereocenters. The fourth-order valence-electron chi connectivity index (χ4n) is 3.22. The molecule has 0 radical (unpaired) electrons. The maximum absolute atomic E-state index is 14.3. The van der Waals surface area contributed by atoms with Gasteiger partial charge in [0.2, 0.25) is 0 Å². The van der Waals surface area contributed by atoms with Crippen molar-refractivity contribution in [2.45, 2.75) is 6.42 Å². The molecule has 2 aromatic carbocycles. The van der Waals surface area contributed by atoms with E-state index in [-0.39, 0.29) is 5.69 Å². The van der Waals surface area contributed by atoms with Crippen molar-refractivity contribution in [1.82, 2.24) is 9.78 Å². The molecule has 134 valence electrons. The third kappa shape index (κ3) is 2.56. The van der Waals surface area contributed by atoms with E-state index < -0.39 is 11.6 Å². The highest BCUT2D eigenvalue weighted by Crippen LogP contribution is 2.40. The van der Waals surface area contributed by atoms with Gasteiger partial charge in [-0.25, -0.2) is 13.5 Å². The average molecular weight is 357 g/mol. The Morgan fingerprint density at radius 1 is 1.08 bits per heavy atom. The van der Waals surface area contributed by atoms with Gasteiger partial charge in [-0.3, -0.25) is 0 Å². The quantitative estimate of drug-likeness (QED) is 0.772. The van der Waals surface area contributed by atoms with Gasteiger partial charge in [0.25, 0.3) is 0 Å². The van der Waals surface area contributed by atoms with Crippen molar-refractivity contribution in [3.63, 3.8) is 0 Å². The molecule has 0 saturated heterocycles. The van der Waals surface area contributed by atoms with Crippen LogP contribution in [0.4, 0.5) is 14.6 Å². The predicted octanol–water partition coefficient (Wildman–Crippen LogP) is 3.80. The Morgan fingerprint density at radius 2 is 1.92 bits per heavy atom. The zero-order chi connectivity index (χ0) is 18.3. The SMILES string of the molecule is COc1ccc(OC)c(-c2nn(-c3ccc(F)cc3F)c3c2CCN3)c1. The smallest absolute Gasteiger partial charge is 0.151 e. The molecule has 0 aliphatic carbocycles. The molecule has 0 atom stereocenters. The van der Waals surface area contributed by atoms with Crippen molar-refractivity contribution in [3.05, 3.63) is 53.6 Å². The summed E-state index contributed by atoms with van der Waals surface area (Å²) in [6.07, 6.45) is 0.744. The normalized spacial score (nSPS) is 12.6. The van der Waals surface area contributed by atoms with Gasteiger partial charge < -0.3 is 14.8 Å². The first kappa shape index (κ1) is 16.4. The summed E-state index contributed by atoms with van der Waals surface area (Å²) in [5.74, 6) is 0.717. The molecule has 1 aliphatic heterocycles. The Kier molecular flexibility index (Phi) is 3.99. The minimum Gasteiger partial charge on any atom is -0.497 e. The first-order valence-corrected chi connectivity index (χ1v) is 8.16. The lowest BCUT2D eigenvalue weighted by atomic mass is 10.1. The van der Waals surface area contributed by atoms with Gasteiger partial charge in [0.15, 0.2) is 5.82 Å². The van der Waals surface area contributed by atoms with Gasteiger partial charge in [-0.05, 0) is 36.8 Å². The second-order valence-electron chi connectivity index (χ2n) is 5.93. The number of nitrogens with zero attached hydrogens (tertiary/aromatic N) is 2. The fraction of sp³-hybridized carbons (Fsp3) is 0.211. The van der Waals surface area contributed by atoms with E-state index in [0.717, 1.165) is 30.2 Å². The minimum atomic E-state index is -0.673. The molecule has 1 aromatic heterocycles. The summed E-state index contributed by atoms with van der Waals surface area (Å²) in [7, 11) is 3.17. The number of rotatable bonds is 4. The summed E-state index contributed by atoms with van der Waals surface area (Å²) >= 11 is 0. The molecule has 0 saturated carbocycles. The lowest BCUT2D eigenvalue weighted by molar-refractivity contribution is 0.404. The van der Waals surface area contributed by atoms with E-state index in [1.807, 2.05) is 6.07 Å². The molecule has 0 bridgehead atoms. The summed E-state index contributed by atoms with van der Waals surface area (Å²) in [6, 6.07) is 8.89. The molecule has 4 rings (SSSR count). The molecular formula is C19H17F2N3O2. The third-order valence-corrected chi connectivity index (χ3v) is 4.45. The van der Waals surface area contributed by atoms with Crippen LogP contribution in [-0.2, 0) is 6.42 Å². The van der Waals surface area contributed by atoms with Crippen molar-refractivity contribution in [2.24, 2.45) is 0 Å². The van der Waals surface area contributed by atoms with Gasteiger partial charge in [-0.1, -0.05) is 0 Å². The Bertz CT molecular complexity index is 985. The number of anilines is 1. The number of nitrogens with one attached hydrogen (secondary N) is 1. The standard InChI is InChI=1S/C19H17F2N3O2/c1-25-12-4-6-17(26-2)14(10-12)18-13-7-8-22-19(13)24(23-18)16-5-3-11(20)9-15(16)21/h3-6,9-10,22H,7-8H2,1-2H3. The first-order valence-electron chi connectivity index (χ1n) is 8.16. The predicted molar refractivity (Wildman–Crippen MR) is 94.2 cm³/mol. The van der Waals surface area contributed by atoms with Crippen LogP contribution in [0.3, 0.4) is 0 Å².